The minimum Gasteiger partial charge on any atom is -0.493 e. The zero-order valence-corrected chi connectivity index (χ0v) is 28.5. The van der Waals surface area contributed by atoms with Gasteiger partial charge in [-0.3, -0.25) is 14.4 Å². The molecule has 11 nitrogen and oxygen atoms in total. The normalized spacial score (nSPS) is 14.9. The number of aryl methyl sites for hydroxylation is 1. The molecule has 48 heavy (non-hydrogen) atoms. The number of nitrogens with one attached hydrogen (secondary N) is 4. The summed E-state index contributed by atoms with van der Waals surface area (Å²) in [5.74, 6) is 2.14. The number of hydrogen-bond acceptors (Lipinski definition) is 8. The van der Waals surface area contributed by atoms with Crippen LogP contribution in [0.5, 0.6) is 17.2 Å². The third-order valence-electron chi connectivity index (χ3n) is 9.04. The first kappa shape index (κ1) is 34.3. The molecule has 0 unspecified atom stereocenters. The van der Waals surface area contributed by atoms with E-state index >= 15 is 0 Å². The molecule has 1 heterocycles. The van der Waals surface area contributed by atoms with E-state index in [-0.39, 0.29) is 35.6 Å². The van der Waals surface area contributed by atoms with Gasteiger partial charge in [0.25, 0.3) is 0 Å². The maximum atomic E-state index is 13.6. The summed E-state index contributed by atoms with van der Waals surface area (Å²) in [4.78, 5) is 47.0. The highest BCUT2D eigenvalue weighted by Gasteiger charge is 2.29. The summed E-state index contributed by atoms with van der Waals surface area (Å²) in [6.45, 7) is 6.08. The molecule has 5 rings (SSSR count). The molecule has 3 atom stereocenters. The second kappa shape index (κ2) is 15.2. The van der Waals surface area contributed by atoms with E-state index in [1.165, 1.54) is 6.92 Å². The topological polar surface area (TPSA) is 144 Å². The van der Waals surface area contributed by atoms with E-state index in [0.29, 0.717) is 54.3 Å². The van der Waals surface area contributed by atoms with Crippen LogP contribution in [0.4, 0.5) is 5.69 Å². The van der Waals surface area contributed by atoms with Gasteiger partial charge in [-0.05, 0) is 72.2 Å². The zero-order chi connectivity index (χ0) is 34.4. The van der Waals surface area contributed by atoms with Gasteiger partial charge < -0.3 is 35.1 Å². The Morgan fingerprint density at radius 2 is 1.81 bits per heavy atom. The predicted octanol–water partition coefficient (Wildman–Crippen LogP) is 5.84. The van der Waals surface area contributed by atoms with Crippen LogP contribution in [0.25, 0.3) is 22.2 Å². The fourth-order valence-electron chi connectivity index (χ4n) is 6.41. The number of carbonyl (C=O) groups excluding carboxylic acids is 2. The van der Waals surface area contributed by atoms with E-state index in [1.54, 1.807) is 33.5 Å². The van der Waals surface area contributed by atoms with E-state index in [4.69, 9.17) is 19.2 Å². The molecule has 0 spiro atoms. The Kier molecular flexibility index (Phi) is 10.9. The van der Waals surface area contributed by atoms with E-state index in [9.17, 15) is 14.4 Å². The van der Waals surface area contributed by atoms with E-state index in [2.05, 4.69) is 34.8 Å². The summed E-state index contributed by atoms with van der Waals surface area (Å²) in [6, 6.07) is 14.3. The van der Waals surface area contributed by atoms with Gasteiger partial charge in [0.05, 0.1) is 50.1 Å². The molecule has 11 heteroatoms. The van der Waals surface area contributed by atoms with Gasteiger partial charge in [0, 0.05) is 25.5 Å². The highest BCUT2D eigenvalue weighted by atomic mass is 16.5. The van der Waals surface area contributed by atoms with Crippen LogP contribution in [0.2, 0.25) is 0 Å². The van der Waals surface area contributed by atoms with Crippen molar-refractivity contribution in [2.45, 2.75) is 65.0 Å². The standard InChI is InChI=1S/C37H45N5O6/c1-7-21(2)34(37-40-27-11-8-9-12-28(27)41-37)42-32(45)13-10-18-38-29-17-15-24-25(20-30(29)44)26(39-22(3)43)16-14-23-19-31(46-4)35(47-5)36(48-6)33(23)24/h8-9,11-12,15,17,19-21,26,34H,7,10,13-14,16,18H2,1-6H3,(H,38,44)(H,39,43)(H,40,41)(H,42,45)/t21-,26-,34-/m0/s1. The lowest BCUT2D eigenvalue weighted by molar-refractivity contribution is -0.122. The minimum absolute atomic E-state index is 0.0820. The number of carbonyl (C=O) groups is 2. The van der Waals surface area contributed by atoms with Gasteiger partial charge >= 0.3 is 0 Å². The number of benzene rings is 2. The van der Waals surface area contributed by atoms with Gasteiger partial charge in [-0.2, -0.15) is 0 Å². The van der Waals surface area contributed by atoms with Gasteiger partial charge in [0.15, 0.2) is 11.5 Å². The molecule has 0 saturated carbocycles. The molecule has 254 valence electrons. The van der Waals surface area contributed by atoms with Gasteiger partial charge in [0.1, 0.15) is 5.82 Å². The van der Waals surface area contributed by atoms with Crippen LogP contribution in [-0.2, 0) is 16.0 Å². The minimum atomic E-state index is -0.395. The van der Waals surface area contributed by atoms with Crippen molar-refractivity contribution in [2.75, 3.05) is 33.2 Å². The SMILES string of the molecule is CC[C@H](C)[C@H](NC(=O)CCCNc1ccc2c(cc1=O)[C@@H](NC(C)=O)CCc1cc(OC)c(OC)c(OC)c1-2)c1nc2ccccc2[nH]1. The van der Waals surface area contributed by atoms with Crippen LogP contribution in [-0.4, -0.2) is 49.7 Å². The number of rotatable bonds is 13. The van der Waals surface area contributed by atoms with Crippen LogP contribution >= 0.6 is 0 Å². The number of hydrogen-bond donors (Lipinski definition) is 4. The van der Waals surface area contributed by atoms with Crippen molar-refractivity contribution in [1.82, 2.24) is 20.6 Å². The lowest BCUT2D eigenvalue weighted by Gasteiger charge is -2.22. The first-order valence-electron chi connectivity index (χ1n) is 16.4. The molecule has 1 aliphatic rings. The lowest BCUT2D eigenvalue weighted by Crippen LogP contribution is -2.33. The highest BCUT2D eigenvalue weighted by molar-refractivity contribution is 5.84. The van der Waals surface area contributed by atoms with E-state index in [1.807, 2.05) is 36.4 Å². The van der Waals surface area contributed by atoms with Crippen molar-refractivity contribution in [3.63, 3.8) is 0 Å². The van der Waals surface area contributed by atoms with Crippen molar-refractivity contribution in [3.8, 4) is 28.4 Å². The summed E-state index contributed by atoms with van der Waals surface area (Å²) < 4.78 is 17.1. The predicted molar refractivity (Wildman–Crippen MR) is 187 cm³/mol. The summed E-state index contributed by atoms with van der Waals surface area (Å²) in [7, 11) is 4.70. The molecule has 4 N–H and O–H groups in total. The number of imidazole rings is 1. The summed E-state index contributed by atoms with van der Waals surface area (Å²) in [5.41, 5.74) is 5.16. The number of amides is 2. The number of H-pyrrole nitrogens is 1. The van der Waals surface area contributed by atoms with Crippen molar-refractivity contribution < 1.29 is 23.8 Å². The van der Waals surface area contributed by atoms with Crippen LogP contribution in [0.1, 0.15) is 75.5 Å². The Morgan fingerprint density at radius 1 is 1.04 bits per heavy atom. The van der Waals surface area contributed by atoms with Crippen LogP contribution < -0.4 is 35.6 Å². The Bertz CT molecular complexity index is 1820. The molecular formula is C37H45N5O6. The fraction of sp³-hybridized carbons (Fsp3) is 0.405. The Balaban J connectivity index is 1.36. The summed E-state index contributed by atoms with van der Waals surface area (Å²) >= 11 is 0. The summed E-state index contributed by atoms with van der Waals surface area (Å²) in [6.07, 6.45) is 2.86. The molecule has 4 aromatic rings. The third-order valence-corrected chi connectivity index (χ3v) is 9.04. The lowest BCUT2D eigenvalue weighted by atomic mass is 9.95. The number of para-hydroxylation sites is 2. The van der Waals surface area contributed by atoms with Crippen molar-refractivity contribution in [3.05, 3.63) is 75.7 Å². The number of fused-ring (bicyclic) bond motifs is 4. The van der Waals surface area contributed by atoms with Crippen LogP contribution in [0.15, 0.2) is 53.3 Å². The highest BCUT2D eigenvalue weighted by Crippen LogP contribution is 2.50. The Hall–Kier alpha value is -5.06. The molecule has 1 aliphatic carbocycles. The maximum absolute atomic E-state index is 13.6. The number of anilines is 1. The first-order chi connectivity index (χ1) is 23.2. The first-order valence-corrected chi connectivity index (χ1v) is 16.4. The average Bonchev–Trinajstić information content (AvgIpc) is 3.38. The Labute approximate surface area is 280 Å². The van der Waals surface area contributed by atoms with Gasteiger partial charge in [-0.1, -0.05) is 38.5 Å². The monoisotopic (exact) mass is 655 g/mol. The number of aromatic amines is 1. The largest absolute Gasteiger partial charge is 0.493 e. The smallest absolute Gasteiger partial charge is 0.220 e. The van der Waals surface area contributed by atoms with Crippen molar-refractivity contribution >= 4 is 28.5 Å². The molecule has 0 saturated heterocycles. The second-order valence-corrected chi connectivity index (χ2v) is 12.2. The van der Waals surface area contributed by atoms with Crippen molar-refractivity contribution in [2.24, 2.45) is 5.92 Å². The molecule has 2 amide bonds. The quantitative estimate of drug-likeness (QED) is 0.132. The molecule has 0 aliphatic heterocycles. The van der Waals surface area contributed by atoms with Gasteiger partial charge in [-0.15, -0.1) is 0 Å². The van der Waals surface area contributed by atoms with E-state index in [0.717, 1.165) is 40.0 Å². The molecule has 1 aromatic heterocycles. The molecular weight excluding hydrogens is 610 g/mol. The Morgan fingerprint density at radius 3 is 2.50 bits per heavy atom. The van der Waals surface area contributed by atoms with Gasteiger partial charge in [-0.25, -0.2) is 4.98 Å². The van der Waals surface area contributed by atoms with Crippen molar-refractivity contribution in [1.29, 1.82) is 0 Å². The van der Waals surface area contributed by atoms with Crippen LogP contribution in [0.3, 0.4) is 0 Å². The maximum Gasteiger partial charge on any atom is 0.220 e. The molecule has 3 aromatic carbocycles. The molecule has 0 fully saturated rings. The zero-order valence-electron chi connectivity index (χ0n) is 28.5. The van der Waals surface area contributed by atoms with Gasteiger partial charge in [0.2, 0.25) is 23.0 Å². The molecule has 0 radical (unpaired) electrons. The summed E-state index contributed by atoms with van der Waals surface area (Å²) in [5, 5.41) is 9.44. The number of nitrogens with zero attached hydrogens (tertiary/aromatic N) is 1. The number of aromatic nitrogens is 2. The molecule has 0 bridgehead atoms. The third kappa shape index (κ3) is 7.25. The number of methoxy groups -OCH3 is 3. The fourth-order valence-corrected chi connectivity index (χ4v) is 6.41. The number of ether oxygens (including phenoxy) is 3. The second-order valence-electron chi connectivity index (χ2n) is 12.2. The average molecular weight is 656 g/mol. The van der Waals surface area contributed by atoms with E-state index < -0.39 is 6.04 Å². The van der Waals surface area contributed by atoms with Crippen LogP contribution in [0, 0.1) is 5.92 Å².